The summed E-state index contributed by atoms with van der Waals surface area (Å²) in [5.74, 6) is -0.829. The van der Waals surface area contributed by atoms with Crippen LogP contribution in [0, 0.1) is 0 Å². The maximum atomic E-state index is 11.8. The molecule has 0 aliphatic heterocycles. The minimum absolute atomic E-state index is 0.161. The molecule has 6 nitrogen and oxygen atoms in total. The van der Waals surface area contributed by atoms with Gasteiger partial charge in [0.15, 0.2) is 0 Å². The molecular weight excluding hydrogens is 254 g/mol. The normalized spacial score (nSPS) is 9.94. The Bertz CT molecular complexity index is 457. The molecule has 1 heterocycles. The van der Waals surface area contributed by atoms with Gasteiger partial charge in [0.25, 0.3) is 5.91 Å². The minimum Gasteiger partial charge on any atom is -0.465 e. The Morgan fingerprint density at radius 3 is 2.50 bits per heavy atom. The number of hydrogen-bond acceptors (Lipinski definition) is 6. The van der Waals surface area contributed by atoms with Crippen LogP contribution in [0.25, 0.3) is 0 Å². The van der Waals surface area contributed by atoms with Crippen LogP contribution in [-0.2, 0) is 4.74 Å². The fourth-order valence-corrected chi connectivity index (χ4v) is 2.54. The number of hydrogen-bond donors (Lipinski definition) is 3. The van der Waals surface area contributed by atoms with E-state index in [1.54, 1.807) is 0 Å². The maximum absolute atomic E-state index is 11.8. The van der Waals surface area contributed by atoms with Gasteiger partial charge >= 0.3 is 5.97 Å². The van der Waals surface area contributed by atoms with E-state index in [2.05, 4.69) is 15.4 Å². The molecule has 0 atom stereocenters. The second-order valence-corrected chi connectivity index (χ2v) is 4.45. The van der Waals surface area contributed by atoms with Gasteiger partial charge in [-0.05, 0) is 13.8 Å². The molecule has 1 aromatic rings. The van der Waals surface area contributed by atoms with E-state index in [-0.39, 0.29) is 17.2 Å². The van der Waals surface area contributed by atoms with Crippen LogP contribution in [0.3, 0.4) is 0 Å². The number of amides is 1. The fraction of sp³-hybridized carbons (Fsp3) is 0.455. The SMILES string of the molecule is CCNC(=O)c1sc(NCC)c(C(=O)OC)c1N. The van der Waals surface area contributed by atoms with E-state index < -0.39 is 5.97 Å². The van der Waals surface area contributed by atoms with Crippen LogP contribution in [-0.4, -0.2) is 32.1 Å². The Kier molecular flexibility index (Phi) is 4.96. The van der Waals surface area contributed by atoms with Gasteiger partial charge in [-0.1, -0.05) is 0 Å². The molecule has 4 N–H and O–H groups in total. The Balaban J connectivity index is 3.23. The summed E-state index contributed by atoms with van der Waals surface area (Å²) in [4.78, 5) is 23.8. The van der Waals surface area contributed by atoms with Crippen molar-refractivity contribution in [3.05, 3.63) is 10.4 Å². The van der Waals surface area contributed by atoms with Crippen molar-refractivity contribution in [1.82, 2.24) is 5.32 Å². The first-order valence-corrected chi connectivity index (χ1v) is 6.41. The zero-order chi connectivity index (χ0) is 13.7. The van der Waals surface area contributed by atoms with Crippen LogP contribution in [0.2, 0.25) is 0 Å². The summed E-state index contributed by atoms with van der Waals surface area (Å²) in [5.41, 5.74) is 6.24. The van der Waals surface area contributed by atoms with Crippen molar-refractivity contribution < 1.29 is 14.3 Å². The summed E-state index contributed by atoms with van der Waals surface area (Å²) in [6.07, 6.45) is 0. The quantitative estimate of drug-likeness (QED) is 0.702. The van der Waals surface area contributed by atoms with E-state index in [4.69, 9.17) is 5.73 Å². The number of ether oxygens (including phenoxy) is 1. The molecule has 7 heteroatoms. The lowest BCUT2D eigenvalue weighted by Gasteiger charge is -2.03. The van der Waals surface area contributed by atoms with Crippen molar-refractivity contribution in [2.45, 2.75) is 13.8 Å². The molecule has 18 heavy (non-hydrogen) atoms. The van der Waals surface area contributed by atoms with E-state index >= 15 is 0 Å². The zero-order valence-corrected chi connectivity index (χ0v) is 11.4. The van der Waals surface area contributed by atoms with Gasteiger partial charge in [0.2, 0.25) is 0 Å². The van der Waals surface area contributed by atoms with Crippen LogP contribution < -0.4 is 16.4 Å². The topological polar surface area (TPSA) is 93.5 Å². The van der Waals surface area contributed by atoms with E-state index in [1.165, 1.54) is 7.11 Å². The molecule has 0 bridgehead atoms. The first-order chi connectivity index (χ1) is 8.56. The largest absolute Gasteiger partial charge is 0.465 e. The number of thiophene rings is 1. The van der Waals surface area contributed by atoms with E-state index in [0.29, 0.717) is 23.0 Å². The Morgan fingerprint density at radius 1 is 1.33 bits per heavy atom. The number of esters is 1. The van der Waals surface area contributed by atoms with Crippen molar-refractivity contribution in [1.29, 1.82) is 0 Å². The minimum atomic E-state index is -0.546. The molecule has 100 valence electrons. The van der Waals surface area contributed by atoms with Crippen LogP contribution in [0.4, 0.5) is 10.7 Å². The lowest BCUT2D eigenvalue weighted by atomic mass is 10.2. The number of rotatable bonds is 5. The predicted octanol–water partition coefficient (Wildman–Crippen LogP) is 1.30. The zero-order valence-electron chi connectivity index (χ0n) is 10.6. The highest BCUT2D eigenvalue weighted by Crippen LogP contribution is 2.36. The van der Waals surface area contributed by atoms with Gasteiger partial charge in [0, 0.05) is 13.1 Å². The molecule has 0 spiro atoms. The molecule has 0 aliphatic rings. The monoisotopic (exact) mass is 271 g/mol. The standard InChI is InChI=1S/C11H17N3O3S/c1-4-13-9(15)8-7(12)6(11(16)17-3)10(18-8)14-5-2/h14H,4-5,12H2,1-3H3,(H,13,15). The Hall–Kier alpha value is -1.76. The summed E-state index contributed by atoms with van der Waals surface area (Å²) in [7, 11) is 1.28. The Labute approximate surface area is 110 Å². The molecule has 0 aliphatic carbocycles. The molecule has 0 unspecified atom stereocenters. The van der Waals surface area contributed by atoms with Gasteiger partial charge in [-0.25, -0.2) is 4.79 Å². The van der Waals surface area contributed by atoms with Gasteiger partial charge in [-0.3, -0.25) is 4.79 Å². The first-order valence-electron chi connectivity index (χ1n) is 5.59. The highest BCUT2D eigenvalue weighted by Gasteiger charge is 2.25. The first kappa shape index (κ1) is 14.3. The molecular formula is C11H17N3O3S. The van der Waals surface area contributed by atoms with Gasteiger partial charge in [-0.2, -0.15) is 0 Å². The molecule has 0 saturated heterocycles. The molecule has 0 saturated carbocycles. The lowest BCUT2D eigenvalue weighted by molar-refractivity contribution is 0.0603. The number of carbonyl (C=O) groups is 2. The van der Waals surface area contributed by atoms with Crippen molar-refractivity contribution in [2.24, 2.45) is 0 Å². The average Bonchev–Trinajstić information content (AvgIpc) is 2.66. The number of anilines is 2. The summed E-state index contributed by atoms with van der Waals surface area (Å²) < 4.78 is 4.67. The maximum Gasteiger partial charge on any atom is 0.343 e. The predicted molar refractivity (Wildman–Crippen MR) is 72.2 cm³/mol. The van der Waals surface area contributed by atoms with Crippen molar-refractivity contribution in [2.75, 3.05) is 31.2 Å². The van der Waals surface area contributed by atoms with Gasteiger partial charge in [0.1, 0.15) is 15.4 Å². The van der Waals surface area contributed by atoms with Gasteiger partial charge < -0.3 is 21.1 Å². The van der Waals surface area contributed by atoms with E-state index in [9.17, 15) is 9.59 Å². The number of methoxy groups -OCH3 is 1. The van der Waals surface area contributed by atoms with Crippen molar-refractivity contribution in [3.63, 3.8) is 0 Å². The number of carbonyl (C=O) groups excluding carboxylic acids is 2. The molecule has 1 rings (SSSR count). The Morgan fingerprint density at radius 2 is 2.00 bits per heavy atom. The van der Waals surface area contributed by atoms with Crippen LogP contribution in [0.15, 0.2) is 0 Å². The third-order valence-electron chi connectivity index (χ3n) is 2.22. The summed E-state index contributed by atoms with van der Waals surface area (Å²) >= 11 is 1.15. The van der Waals surface area contributed by atoms with E-state index in [0.717, 1.165) is 11.3 Å². The smallest absolute Gasteiger partial charge is 0.343 e. The van der Waals surface area contributed by atoms with Crippen molar-refractivity contribution in [3.8, 4) is 0 Å². The summed E-state index contributed by atoms with van der Waals surface area (Å²) in [5, 5.41) is 6.22. The van der Waals surface area contributed by atoms with Gasteiger partial charge in [-0.15, -0.1) is 11.3 Å². The van der Waals surface area contributed by atoms with Crippen LogP contribution in [0.5, 0.6) is 0 Å². The molecule has 0 aromatic carbocycles. The highest BCUT2D eigenvalue weighted by atomic mass is 32.1. The highest BCUT2D eigenvalue weighted by molar-refractivity contribution is 7.19. The lowest BCUT2D eigenvalue weighted by Crippen LogP contribution is -2.22. The third-order valence-corrected chi connectivity index (χ3v) is 3.38. The van der Waals surface area contributed by atoms with Crippen LogP contribution >= 0.6 is 11.3 Å². The average molecular weight is 271 g/mol. The number of nitrogens with one attached hydrogen (secondary N) is 2. The molecule has 1 aromatic heterocycles. The second kappa shape index (κ2) is 6.25. The van der Waals surface area contributed by atoms with E-state index in [1.807, 2.05) is 13.8 Å². The third kappa shape index (κ3) is 2.73. The fourth-order valence-electron chi connectivity index (χ4n) is 1.44. The molecule has 0 radical (unpaired) electrons. The molecule has 0 fully saturated rings. The number of nitrogens with two attached hydrogens (primary N) is 1. The number of nitrogen functional groups attached to an aromatic ring is 1. The van der Waals surface area contributed by atoms with Gasteiger partial charge in [0.05, 0.1) is 12.8 Å². The van der Waals surface area contributed by atoms with Crippen LogP contribution in [0.1, 0.15) is 33.9 Å². The molecule has 1 amide bonds. The second-order valence-electron chi connectivity index (χ2n) is 3.43. The van der Waals surface area contributed by atoms with Crippen molar-refractivity contribution >= 4 is 33.9 Å². The summed E-state index contributed by atoms with van der Waals surface area (Å²) in [6, 6.07) is 0. The summed E-state index contributed by atoms with van der Waals surface area (Å²) in [6.45, 7) is 4.83.